The van der Waals surface area contributed by atoms with Crippen molar-refractivity contribution in [3.63, 3.8) is 0 Å². The number of ketones is 1. The van der Waals surface area contributed by atoms with E-state index in [1.165, 1.54) is 6.07 Å². The third-order valence-corrected chi connectivity index (χ3v) is 1.77. The molecule has 1 aromatic carbocycles. The lowest BCUT2D eigenvalue weighted by atomic mass is 10.1. The summed E-state index contributed by atoms with van der Waals surface area (Å²) in [7, 11) is 0. The molecule has 0 aromatic heterocycles. The zero-order valence-electron chi connectivity index (χ0n) is 7.70. The lowest BCUT2D eigenvalue weighted by Crippen LogP contribution is -2.05. The molecule has 1 aromatic rings. The SMILES string of the molecule is Cc1ccc(F)c(CC(=O)C=NO)c1. The maximum absolute atomic E-state index is 13.1. The molecular formula is C10H10FNO2. The molecule has 14 heavy (non-hydrogen) atoms. The number of carbonyl (C=O) groups is 1. The Morgan fingerprint density at radius 1 is 1.64 bits per heavy atom. The fourth-order valence-electron chi connectivity index (χ4n) is 1.14. The minimum Gasteiger partial charge on any atom is -0.411 e. The second-order valence-electron chi connectivity index (χ2n) is 2.98. The molecule has 1 rings (SSSR count). The molecule has 0 saturated heterocycles. The van der Waals surface area contributed by atoms with Gasteiger partial charge in [-0.1, -0.05) is 22.9 Å². The van der Waals surface area contributed by atoms with Crippen molar-refractivity contribution >= 4 is 12.0 Å². The normalized spacial score (nSPS) is 10.7. The Balaban J connectivity index is 2.85. The van der Waals surface area contributed by atoms with Crippen molar-refractivity contribution in [2.45, 2.75) is 13.3 Å². The van der Waals surface area contributed by atoms with Crippen molar-refractivity contribution in [3.05, 3.63) is 35.1 Å². The lowest BCUT2D eigenvalue weighted by Gasteiger charge is -2.01. The number of rotatable bonds is 3. The van der Waals surface area contributed by atoms with Crippen LogP contribution in [0.5, 0.6) is 0 Å². The maximum Gasteiger partial charge on any atom is 0.181 e. The highest BCUT2D eigenvalue weighted by atomic mass is 19.1. The highest BCUT2D eigenvalue weighted by Crippen LogP contribution is 2.10. The largest absolute Gasteiger partial charge is 0.411 e. The van der Waals surface area contributed by atoms with E-state index in [4.69, 9.17) is 5.21 Å². The molecular weight excluding hydrogens is 185 g/mol. The van der Waals surface area contributed by atoms with E-state index >= 15 is 0 Å². The summed E-state index contributed by atoms with van der Waals surface area (Å²) in [6.45, 7) is 1.81. The first-order chi connectivity index (χ1) is 6.63. The minimum atomic E-state index is -0.433. The zero-order valence-corrected chi connectivity index (χ0v) is 7.70. The molecule has 0 unspecified atom stereocenters. The Labute approximate surface area is 80.9 Å². The third-order valence-electron chi connectivity index (χ3n) is 1.77. The Morgan fingerprint density at radius 3 is 3.00 bits per heavy atom. The third kappa shape index (κ3) is 2.65. The van der Waals surface area contributed by atoms with Gasteiger partial charge < -0.3 is 5.21 Å². The fraction of sp³-hybridized carbons (Fsp3) is 0.200. The minimum absolute atomic E-state index is 0.0857. The second kappa shape index (κ2) is 4.50. The summed E-state index contributed by atoms with van der Waals surface area (Å²) >= 11 is 0. The van der Waals surface area contributed by atoms with Gasteiger partial charge in [0.2, 0.25) is 0 Å². The molecule has 0 amide bonds. The van der Waals surface area contributed by atoms with Crippen molar-refractivity contribution in [2.24, 2.45) is 5.16 Å². The molecule has 74 valence electrons. The van der Waals surface area contributed by atoms with Crippen LogP contribution < -0.4 is 0 Å². The van der Waals surface area contributed by atoms with E-state index in [9.17, 15) is 9.18 Å². The number of benzene rings is 1. The van der Waals surface area contributed by atoms with Gasteiger partial charge in [0.05, 0.1) is 0 Å². The van der Waals surface area contributed by atoms with Gasteiger partial charge in [0.1, 0.15) is 12.0 Å². The molecule has 4 heteroatoms. The van der Waals surface area contributed by atoms with E-state index in [1.807, 2.05) is 6.92 Å². The number of hydrogen-bond donors (Lipinski definition) is 1. The first-order valence-electron chi connectivity index (χ1n) is 4.09. The van der Waals surface area contributed by atoms with Crippen LogP contribution in [0.2, 0.25) is 0 Å². The molecule has 0 fully saturated rings. The fourth-order valence-corrected chi connectivity index (χ4v) is 1.14. The van der Waals surface area contributed by atoms with Crippen molar-refractivity contribution in [2.75, 3.05) is 0 Å². The van der Waals surface area contributed by atoms with Crippen LogP contribution in [0.3, 0.4) is 0 Å². The lowest BCUT2D eigenvalue weighted by molar-refractivity contribution is -0.112. The highest BCUT2D eigenvalue weighted by Gasteiger charge is 2.06. The number of oxime groups is 1. The topological polar surface area (TPSA) is 49.7 Å². The Kier molecular flexibility index (Phi) is 3.34. The zero-order chi connectivity index (χ0) is 10.6. The molecule has 0 spiro atoms. The predicted octanol–water partition coefficient (Wildman–Crippen LogP) is 1.71. The maximum atomic E-state index is 13.1. The van der Waals surface area contributed by atoms with E-state index < -0.39 is 11.6 Å². The quantitative estimate of drug-likeness (QED) is 0.453. The Hall–Kier alpha value is -1.71. The number of carbonyl (C=O) groups excluding carboxylic acids is 1. The average Bonchev–Trinajstić information content (AvgIpc) is 2.12. The predicted molar refractivity (Wildman–Crippen MR) is 50.1 cm³/mol. The Bertz CT molecular complexity index is 374. The standard InChI is InChI=1S/C10H10FNO2/c1-7-2-3-10(11)8(4-7)5-9(13)6-12-14/h2-4,6,14H,5H2,1H3. The van der Waals surface area contributed by atoms with Gasteiger partial charge in [0, 0.05) is 6.42 Å². The van der Waals surface area contributed by atoms with Gasteiger partial charge >= 0.3 is 0 Å². The summed E-state index contributed by atoms with van der Waals surface area (Å²) in [5.74, 6) is -0.854. The summed E-state index contributed by atoms with van der Waals surface area (Å²) in [6.07, 6.45) is 0.680. The smallest absolute Gasteiger partial charge is 0.181 e. The highest BCUT2D eigenvalue weighted by molar-refractivity contribution is 6.27. The van der Waals surface area contributed by atoms with Crippen molar-refractivity contribution in [1.29, 1.82) is 0 Å². The summed E-state index contributed by atoms with van der Waals surface area (Å²) in [6, 6.07) is 4.54. The van der Waals surface area contributed by atoms with E-state index in [0.717, 1.165) is 11.8 Å². The molecule has 1 N–H and O–H groups in total. The number of halogens is 1. The van der Waals surface area contributed by atoms with Gasteiger partial charge in [-0.25, -0.2) is 4.39 Å². The number of nitrogens with zero attached hydrogens (tertiary/aromatic N) is 1. The van der Waals surface area contributed by atoms with E-state index in [-0.39, 0.29) is 6.42 Å². The summed E-state index contributed by atoms with van der Waals surface area (Å²) < 4.78 is 13.1. The van der Waals surface area contributed by atoms with Crippen molar-refractivity contribution in [3.8, 4) is 0 Å². The first kappa shape index (κ1) is 10.4. The van der Waals surface area contributed by atoms with Crippen LogP contribution in [0.1, 0.15) is 11.1 Å². The average molecular weight is 195 g/mol. The van der Waals surface area contributed by atoms with Crippen LogP contribution in [0.25, 0.3) is 0 Å². The van der Waals surface area contributed by atoms with Crippen molar-refractivity contribution < 1.29 is 14.4 Å². The number of hydrogen-bond acceptors (Lipinski definition) is 3. The van der Waals surface area contributed by atoms with Crippen LogP contribution in [-0.4, -0.2) is 17.2 Å². The molecule has 0 saturated carbocycles. The van der Waals surface area contributed by atoms with E-state index in [2.05, 4.69) is 5.16 Å². The first-order valence-corrected chi connectivity index (χ1v) is 4.09. The Morgan fingerprint density at radius 2 is 2.36 bits per heavy atom. The molecule has 3 nitrogen and oxygen atoms in total. The molecule has 0 bridgehead atoms. The monoisotopic (exact) mass is 195 g/mol. The molecule has 0 aliphatic carbocycles. The summed E-state index contributed by atoms with van der Waals surface area (Å²) in [5.41, 5.74) is 1.20. The van der Waals surface area contributed by atoms with E-state index in [0.29, 0.717) is 5.56 Å². The van der Waals surface area contributed by atoms with Crippen LogP contribution >= 0.6 is 0 Å². The summed E-state index contributed by atoms with van der Waals surface area (Å²) in [4.78, 5) is 11.0. The van der Waals surface area contributed by atoms with E-state index in [1.54, 1.807) is 12.1 Å². The van der Waals surface area contributed by atoms with Gasteiger partial charge in [0.15, 0.2) is 5.78 Å². The second-order valence-corrected chi connectivity index (χ2v) is 2.98. The van der Waals surface area contributed by atoms with Gasteiger partial charge in [-0.15, -0.1) is 0 Å². The number of Topliss-reactive ketones (excluding diaryl/α,β-unsaturated/α-hetero) is 1. The van der Waals surface area contributed by atoms with Gasteiger partial charge in [-0.05, 0) is 18.6 Å². The van der Waals surface area contributed by atoms with Crippen molar-refractivity contribution in [1.82, 2.24) is 0 Å². The van der Waals surface area contributed by atoms with Gasteiger partial charge in [-0.3, -0.25) is 4.79 Å². The molecule has 0 aliphatic heterocycles. The van der Waals surface area contributed by atoms with Crippen LogP contribution in [0, 0.1) is 12.7 Å². The number of aryl methyl sites for hydroxylation is 1. The van der Waals surface area contributed by atoms with Crippen LogP contribution in [-0.2, 0) is 11.2 Å². The molecule has 0 heterocycles. The van der Waals surface area contributed by atoms with Gasteiger partial charge in [-0.2, -0.15) is 0 Å². The summed E-state index contributed by atoms with van der Waals surface area (Å²) in [5, 5.41) is 10.7. The van der Waals surface area contributed by atoms with Crippen LogP contribution in [0.4, 0.5) is 4.39 Å². The van der Waals surface area contributed by atoms with Gasteiger partial charge in [0.25, 0.3) is 0 Å². The molecule has 0 radical (unpaired) electrons. The van der Waals surface area contributed by atoms with Crippen LogP contribution in [0.15, 0.2) is 23.4 Å². The molecule has 0 aliphatic rings. The molecule has 0 atom stereocenters.